The smallest absolute Gasteiger partial charge is 0.0870 e. The Morgan fingerprint density at radius 3 is 2.80 bits per heavy atom. The first-order valence-corrected chi connectivity index (χ1v) is 4.22. The van der Waals surface area contributed by atoms with Gasteiger partial charge in [0.1, 0.15) is 0 Å². The van der Waals surface area contributed by atoms with Crippen LogP contribution in [0, 0.1) is 0 Å². The fourth-order valence-corrected chi connectivity index (χ4v) is 0.545. The molecule has 0 aromatic carbocycles. The van der Waals surface area contributed by atoms with Crippen LogP contribution in [0.3, 0.4) is 0 Å². The Labute approximate surface area is 62.2 Å². The summed E-state index contributed by atoms with van der Waals surface area (Å²) < 4.78 is 4.44. The summed E-state index contributed by atoms with van der Waals surface area (Å²) in [5, 5.41) is 0. The third-order valence-electron chi connectivity index (χ3n) is 0.726. The summed E-state index contributed by atoms with van der Waals surface area (Å²) in [4.78, 5) is 10.1. The predicted molar refractivity (Wildman–Crippen MR) is 40.8 cm³/mol. The molecule has 0 fully saturated rings. The molecule has 0 bridgehead atoms. The first-order valence-electron chi connectivity index (χ1n) is 2.97. The molecule has 0 aliphatic rings. The molecule has 4 heteroatoms. The summed E-state index contributed by atoms with van der Waals surface area (Å²) in [7, 11) is -1.99. The van der Waals surface area contributed by atoms with E-state index in [1.54, 1.807) is 12.2 Å². The van der Waals surface area contributed by atoms with Crippen LogP contribution in [0.5, 0.6) is 0 Å². The molecule has 2 N–H and O–H groups in total. The van der Waals surface area contributed by atoms with E-state index in [4.69, 9.17) is 5.50 Å². The van der Waals surface area contributed by atoms with Gasteiger partial charge in [-0.1, -0.05) is 19.1 Å². The molecule has 3 nitrogen and oxygen atoms in total. The molecule has 0 heterocycles. The molecule has 0 aromatic rings. The zero-order valence-corrected chi connectivity index (χ0v) is 6.75. The van der Waals surface area contributed by atoms with E-state index >= 15 is 0 Å². The summed E-state index contributed by atoms with van der Waals surface area (Å²) in [5.41, 5.74) is 4.82. The molecule has 10 heavy (non-hydrogen) atoms. The van der Waals surface area contributed by atoms with E-state index in [1.165, 1.54) is 6.26 Å². The first-order chi connectivity index (χ1) is 4.77. The van der Waals surface area contributed by atoms with Crippen molar-refractivity contribution in [1.29, 1.82) is 0 Å². The third kappa shape index (κ3) is 7.63. The van der Waals surface area contributed by atoms with Crippen molar-refractivity contribution in [2.45, 2.75) is 13.3 Å². The molecule has 0 aliphatic heterocycles. The summed E-state index contributed by atoms with van der Waals surface area (Å²) >= 11 is 0. The Balaban J connectivity index is 3.28. The summed E-state index contributed by atoms with van der Waals surface area (Å²) in [6.45, 7) is 2.02. The number of allylic oxidation sites excluding steroid dienone is 3. The fraction of sp³-hybridized carbons (Fsp3) is 0.333. The molecule has 0 saturated carbocycles. The lowest BCUT2D eigenvalue weighted by Gasteiger charge is -2.12. The van der Waals surface area contributed by atoms with Crippen molar-refractivity contribution >= 4 is 8.53 Å². The van der Waals surface area contributed by atoms with Gasteiger partial charge in [-0.05, 0) is 12.5 Å². The zero-order chi connectivity index (χ0) is 7.82. The Kier molecular flexibility index (Phi) is 6.50. The normalized spacial score (nSPS) is 14.7. The standard InChI is InChI=1S/C6H11NO2P/c1-2-3-4-5-6-9-10(7)8/h3-6H,2,7H2,1H3/q-1/b4-3+,6-5+. The highest BCUT2D eigenvalue weighted by Crippen LogP contribution is 2.12. The van der Waals surface area contributed by atoms with Gasteiger partial charge in [-0.25, -0.2) is 0 Å². The number of rotatable bonds is 4. The Morgan fingerprint density at radius 2 is 2.30 bits per heavy atom. The largest absolute Gasteiger partial charge is 0.786 e. The summed E-state index contributed by atoms with van der Waals surface area (Å²) in [5.74, 6) is 0. The second-order valence-electron chi connectivity index (χ2n) is 1.56. The summed E-state index contributed by atoms with van der Waals surface area (Å²) in [6, 6.07) is 0. The number of nitrogens with two attached hydrogens (primary N) is 1. The second kappa shape index (κ2) is 6.75. The Morgan fingerprint density at radius 1 is 1.60 bits per heavy atom. The van der Waals surface area contributed by atoms with Gasteiger partial charge in [-0.15, -0.1) is 0 Å². The molecular formula is C6H11NO2P-. The van der Waals surface area contributed by atoms with Crippen molar-refractivity contribution in [3.63, 3.8) is 0 Å². The monoisotopic (exact) mass is 160 g/mol. The van der Waals surface area contributed by atoms with E-state index in [0.29, 0.717) is 0 Å². The van der Waals surface area contributed by atoms with Crippen LogP contribution in [-0.4, -0.2) is 0 Å². The molecule has 0 rings (SSSR count). The van der Waals surface area contributed by atoms with Gasteiger partial charge in [0, 0.05) is 0 Å². The Hall–Kier alpha value is -0.370. The SMILES string of the molecule is CC/C=C/C=C/OP(N)[O-]. The van der Waals surface area contributed by atoms with E-state index in [9.17, 15) is 4.89 Å². The van der Waals surface area contributed by atoms with Gasteiger partial charge in [0.05, 0.1) is 14.8 Å². The maximum atomic E-state index is 10.1. The highest BCUT2D eigenvalue weighted by Gasteiger charge is 1.73. The second-order valence-corrected chi connectivity index (χ2v) is 2.34. The molecule has 0 radical (unpaired) electrons. The number of hydrogen-bond acceptors (Lipinski definition) is 3. The average Bonchev–Trinajstić information content (AvgIpc) is 1.87. The van der Waals surface area contributed by atoms with Crippen molar-refractivity contribution in [2.24, 2.45) is 5.50 Å². The van der Waals surface area contributed by atoms with Gasteiger partial charge in [0.2, 0.25) is 0 Å². The maximum absolute atomic E-state index is 10.1. The van der Waals surface area contributed by atoms with E-state index < -0.39 is 8.53 Å². The molecule has 0 saturated heterocycles. The van der Waals surface area contributed by atoms with Crippen molar-refractivity contribution in [1.82, 2.24) is 0 Å². The van der Waals surface area contributed by atoms with Crippen molar-refractivity contribution in [2.75, 3.05) is 0 Å². The molecule has 58 valence electrons. The van der Waals surface area contributed by atoms with Crippen LogP contribution in [0.4, 0.5) is 0 Å². The van der Waals surface area contributed by atoms with Crippen LogP contribution in [0.2, 0.25) is 0 Å². The number of hydrogen-bond donors (Lipinski definition) is 1. The lowest BCUT2D eigenvalue weighted by atomic mass is 10.4. The molecule has 1 atom stereocenters. The van der Waals surface area contributed by atoms with Gasteiger partial charge in [-0.2, -0.15) is 0 Å². The fourth-order valence-electron chi connectivity index (χ4n) is 0.355. The van der Waals surface area contributed by atoms with E-state index in [1.807, 2.05) is 13.0 Å². The molecule has 0 aliphatic carbocycles. The van der Waals surface area contributed by atoms with Crippen LogP contribution in [0.15, 0.2) is 24.5 Å². The summed E-state index contributed by atoms with van der Waals surface area (Å²) in [6.07, 6.45) is 7.68. The van der Waals surface area contributed by atoms with Crippen LogP contribution < -0.4 is 10.4 Å². The Bertz CT molecular complexity index is 123. The quantitative estimate of drug-likeness (QED) is 0.379. The first kappa shape index (κ1) is 9.63. The van der Waals surface area contributed by atoms with E-state index in [2.05, 4.69) is 4.52 Å². The van der Waals surface area contributed by atoms with Crippen LogP contribution in [0.25, 0.3) is 0 Å². The maximum Gasteiger partial charge on any atom is 0.0870 e. The van der Waals surface area contributed by atoms with Crippen molar-refractivity contribution in [3.05, 3.63) is 24.5 Å². The topological polar surface area (TPSA) is 58.3 Å². The average molecular weight is 160 g/mol. The minimum Gasteiger partial charge on any atom is -0.786 e. The van der Waals surface area contributed by atoms with Crippen LogP contribution >= 0.6 is 8.53 Å². The van der Waals surface area contributed by atoms with Gasteiger partial charge in [-0.3, -0.25) is 5.50 Å². The molecule has 0 spiro atoms. The van der Waals surface area contributed by atoms with Gasteiger partial charge in [0.25, 0.3) is 0 Å². The predicted octanol–water partition coefficient (Wildman–Crippen LogP) is 1.03. The molecular weight excluding hydrogens is 149 g/mol. The minimum absolute atomic E-state index is 0.971. The highest BCUT2D eigenvalue weighted by atomic mass is 31.2. The molecule has 1 unspecified atom stereocenters. The third-order valence-corrected chi connectivity index (χ3v) is 1.06. The highest BCUT2D eigenvalue weighted by molar-refractivity contribution is 7.41. The lowest BCUT2D eigenvalue weighted by Crippen LogP contribution is -2.03. The van der Waals surface area contributed by atoms with Crippen LogP contribution in [0.1, 0.15) is 13.3 Å². The minimum atomic E-state index is -1.99. The van der Waals surface area contributed by atoms with E-state index in [0.717, 1.165) is 6.42 Å². The zero-order valence-electron chi connectivity index (χ0n) is 5.86. The molecule has 0 amide bonds. The van der Waals surface area contributed by atoms with Crippen molar-refractivity contribution in [3.8, 4) is 0 Å². The van der Waals surface area contributed by atoms with Crippen LogP contribution in [-0.2, 0) is 4.52 Å². The van der Waals surface area contributed by atoms with Gasteiger partial charge >= 0.3 is 0 Å². The lowest BCUT2D eigenvalue weighted by molar-refractivity contribution is -0.176. The van der Waals surface area contributed by atoms with E-state index in [-0.39, 0.29) is 0 Å². The van der Waals surface area contributed by atoms with Crippen molar-refractivity contribution < 1.29 is 9.42 Å². The van der Waals surface area contributed by atoms with Gasteiger partial charge in [0.15, 0.2) is 0 Å². The van der Waals surface area contributed by atoms with Gasteiger partial charge < -0.3 is 9.42 Å². The molecule has 0 aromatic heterocycles.